The van der Waals surface area contributed by atoms with E-state index in [9.17, 15) is 4.79 Å². The maximum Gasteiger partial charge on any atom is 0.197 e. The summed E-state index contributed by atoms with van der Waals surface area (Å²) in [6, 6.07) is 3.23. The van der Waals surface area contributed by atoms with Crippen LogP contribution < -0.4 is 11.5 Å². The third kappa shape index (κ3) is 1.02. The highest BCUT2D eigenvalue weighted by Crippen LogP contribution is 2.34. The normalized spacial score (nSPS) is 12.4. The number of carbonyl (C=O) groups excluding carboxylic acids is 1. The van der Waals surface area contributed by atoms with Crippen molar-refractivity contribution in [3.63, 3.8) is 0 Å². The zero-order valence-electron chi connectivity index (χ0n) is 8.27. The first-order valence-corrected chi connectivity index (χ1v) is 4.73. The lowest BCUT2D eigenvalue weighted by Gasteiger charge is -1.98. The first kappa shape index (κ1) is 8.84. The molecule has 5 heteroatoms. The van der Waals surface area contributed by atoms with Gasteiger partial charge in [-0.3, -0.25) is 14.8 Å². The molecule has 0 radical (unpaired) electrons. The first-order valence-electron chi connectivity index (χ1n) is 4.73. The fourth-order valence-corrected chi connectivity index (χ4v) is 1.83. The fraction of sp³-hybridized carbons (Fsp3) is 0. The monoisotopic (exact) mass is 212 g/mol. The van der Waals surface area contributed by atoms with Gasteiger partial charge in [-0.1, -0.05) is 0 Å². The van der Waals surface area contributed by atoms with Gasteiger partial charge in [0, 0.05) is 0 Å². The molecule has 0 spiro atoms. The Kier molecular flexibility index (Phi) is 1.54. The van der Waals surface area contributed by atoms with E-state index in [4.69, 9.17) is 11.5 Å². The molecule has 2 aromatic heterocycles. The summed E-state index contributed by atoms with van der Waals surface area (Å²) >= 11 is 0. The van der Waals surface area contributed by atoms with E-state index >= 15 is 0 Å². The van der Waals surface area contributed by atoms with E-state index in [2.05, 4.69) is 9.97 Å². The van der Waals surface area contributed by atoms with Crippen LogP contribution in [-0.4, -0.2) is 15.8 Å². The van der Waals surface area contributed by atoms with Gasteiger partial charge in [-0.15, -0.1) is 0 Å². The highest BCUT2D eigenvalue weighted by atomic mass is 16.1. The van der Waals surface area contributed by atoms with Gasteiger partial charge in [0.1, 0.15) is 11.4 Å². The second kappa shape index (κ2) is 2.79. The molecule has 16 heavy (non-hydrogen) atoms. The van der Waals surface area contributed by atoms with E-state index < -0.39 is 0 Å². The van der Waals surface area contributed by atoms with Crippen LogP contribution in [0.5, 0.6) is 0 Å². The Labute approximate surface area is 91.1 Å². The molecule has 2 heterocycles. The Morgan fingerprint density at radius 1 is 0.875 bits per heavy atom. The van der Waals surface area contributed by atoms with Crippen LogP contribution in [0, 0.1) is 0 Å². The number of nitrogens with two attached hydrogens (primary N) is 2. The minimum atomic E-state index is -0.121. The quantitative estimate of drug-likeness (QED) is 0.576. The summed E-state index contributed by atoms with van der Waals surface area (Å²) in [4.78, 5) is 20.3. The van der Waals surface area contributed by atoms with Crippen LogP contribution in [0.4, 0.5) is 11.4 Å². The molecule has 3 rings (SSSR count). The van der Waals surface area contributed by atoms with Gasteiger partial charge in [0.05, 0.1) is 34.9 Å². The summed E-state index contributed by atoms with van der Waals surface area (Å²) < 4.78 is 0. The maximum absolute atomic E-state index is 12.0. The van der Waals surface area contributed by atoms with Crippen molar-refractivity contribution in [2.45, 2.75) is 0 Å². The van der Waals surface area contributed by atoms with Crippen molar-refractivity contribution in [1.82, 2.24) is 9.97 Å². The van der Waals surface area contributed by atoms with E-state index in [1.54, 1.807) is 12.1 Å². The lowest BCUT2D eigenvalue weighted by atomic mass is 10.1. The largest absolute Gasteiger partial charge is 0.397 e. The second-order valence-electron chi connectivity index (χ2n) is 3.66. The van der Waals surface area contributed by atoms with Crippen LogP contribution in [0.3, 0.4) is 0 Å². The van der Waals surface area contributed by atoms with E-state index in [1.165, 1.54) is 12.4 Å². The smallest absolute Gasteiger partial charge is 0.197 e. The number of rotatable bonds is 0. The number of ketones is 1. The number of hydrogen-bond acceptors (Lipinski definition) is 5. The number of aromatic nitrogens is 2. The maximum atomic E-state index is 12.0. The number of carbonyl (C=O) groups is 1. The number of pyridine rings is 2. The van der Waals surface area contributed by atoms with Crippen LogP contribution in [0.25, 0.3) is 11.4 Å². The summed E-state index contributed by atoms with van der Waals surface area (Å²) in [7, 11) is 0. The van der Waals surface area contributed by atoms with Crippen LogP contribution in [0.1, 0.15) is 15.9 Å². The Morgan fingerprint density at radius 3 is 1.75 bits per heavy atom. The van der Waals surface area contributed by atoms with E-state index in [0.717, 1.165) is 0 Å². The third-order valence-corrected chi connectivity index (χ3v) is 2.53. The van der Waals surface area contributed by atoms with Gasteiger partial charge in [-0.05, 0) is 12.1 Å². The Bertz CT molecular complexity index is 568. The van der Waals surface area contributed by atoms with Crippen molar-refractivity contribution in [3.8, 4) is 11.4 Å². The average Bonchev–Trinajstić information content (AvgIpc) is 2.53. The molecule has 4 N–H and O–H groups in total. The van der Waals surface area contributed by atoms with Gasteiger partial charge < -0.3 is 11.5 Å². The lowest BCUT2D eigenvalue weighted by Crippen LogP contribution is -1.98. The molecule has 0 saturated heterocycles. The third-order valence-electron chi connectivity index (χ3n) is 2.53. The topological polar surface area (TPSA) is 94.9 Å². The lowest BCUT2D eigenvalue weighted by molar-refractivity contribution is 0.104. The first-order chi connectivity index (χ1) is 7.66. The van der Waals surface area contributed by atoms with Crippen molar-refractivity contribution in [1.29, 1.82) is 0 Å². The van der Waals surface area contributed by atoms with Crippen molar-refractivity contribution in [3.05, 3.63) is 35.7 Å². The minimum absolute atomic E-state index is 0.121. The minimum Gasteiger partial charge on any atom is -0.397 e. The number of anilines is 2. The highest BCUT2D eigenvalue weighted by molar-refractivity contribution is 6.20. The van der Waals surface area contributed by atoms with Gasteiger partial charge in [-0.2, -0.15) is 0 Å². The summed E-state index contributed by atoms with van der Waals surface area (Å²) in [6.45, 7) is 0. The zero-order valence-corrected chi connectivity index (χ0v) is 8.27. The van der Waals surface area contributed by atoms with Crippen LogP contribution in [0.2, 0.25) is 0 Å². The van der Waals surface area contributed by atoms with Crippen molar-refractivity contribution in [2.24, 2.45) is 0 Å². The molecule has 5 nitrogen and oxygen atoms in total. The predicted molar refractivity (Wildman–Crippen MR) is 59.7 cm³/mol. The van der Waals surface area contributed by atoms with Crippen molar-refractivity contribution < 1.29 is 4.79 Å². The highest BCUT2D eigenvalue weighted by Gasteiger charge is 2.29. The van der Waals surface area contributed by atoms with Crippen LogP contribution in [0.15, 0.2) is 24.5 Å². The standard InChI is InChI=1S/C11H8N4O/c12-5-1-7-9(14-3-5)10-8(11(7)16)2-6(13)4-15-10/h1-4H,12-13H2. The summed E-state index contributed by atoms with van der Waals surface area (Å²) in [6.07, 6.45) is 3.03. The molecule has 0 amide bonds. The molecule has 0 bridgehead atoms. The van der Waals surface area contributed by atoms with Crippen molar-refractivity contribution in [2.75, 3.05) is 11.5 Å². The molecule has 0 unspecified atom stereocenters. The fourth-order valence-electron chi connectivity index (χ4n) is 1.83. The molecular formula is C11H8N4O. The van der Waals surface area contributed by atoms with Gasteiger partial charge in [0.2, 0.25) is 0 Å². The van der Waals surface area contributed by atoms with Crippen LogP contribution >= 0.6 is 0 Å². The molecule has 78 valence electrons. The second-order valence-corrected chi connectivity index (χ2v) is 3.66. The average molecular weight is 212 g/mol. The summed E-state index contributed by atoms with van der Waals surface area (Å²) in [5.41, 5.74) is 14.3. The Hall–Kier alpha value is -2.43. The number of nitrogens with zero attached hydrogens (tertiary/aromatic N) is 2. The molecule has 0 fully saturated rings. The molecule has 0 aliphatic heterocycles. The zero-order chi connectivity index (χ0) is 11.3. The van der Waals surface area contributed by atoms with Gasteiger partial charge >= 0.3 is 0 Å². The van der Waals surface area contributed by atoms with Gasteiger partial charge in [0.15, 0.2) is 5.78 Å². The van der Waals surface area contributed by atoms with E-state index in [0.29, 0.717) is 33.9 Å². The van der Waals surface area contributed by atoms with Crippen LogP contribution in [-0.2, 0) is 0 Å². The molecule has 1 aliphatic rings. The number of hydrogen-bond donors (Lipinski definition) is 2. The van der Waals surface area contributed by atoms with Gasteiger partial charge in [-0.25, -0.2) is 0 Å². The van der Waals surface area contributed by atoms with Gasteiger partial charge in [0.25, 0.3) is 0 Å². The summed E-state index contributed by atoms with van der Waals surface area (Å²) in [5, 5.41) is 0. The van der Waals surface area contributed by atoms with E-state index in [1.807, 2.05) is 0 Å². The Balaban J connectivity index is 2.34. The summed E-state index contributed by atoms with van der Waals surface area (Å²) in [5.74, 6) is -0.121. The number of nitrogen functional groups attached to an aromatic ring is 2. The SMILES string of the molecule is Nc1cnc2c(c1)C(=O)c1cc(N)cnc1-2. The van der Waals surface area contributed by atoms with E-state index in [-0.39, 0.29) is 5.78 Å². The Morgan fingerprint density at radius 2 is 1.31 bits per heavy atom. The number of fused-ring (bicyclic) bond motifs is 3. The molecular weight excluding hydrogens is 204 g/mol. The molecule has 2 aromatic rings. The molecule has 0 atom stereocenters. The molecule has 1 aliphatic carbocycles. The van der Waals surface area contributed by atoms with Crippen molar-refractivity contribution >= 4 is 17.2 Å². The molecule has 0 aromatic carbocycles. The predicted octanol–water partition coefficient (Wildman–Crippen LogP) is 0.852. The molecule has 0 saturated carbocycles.